The van der Waals surface area contributed by atoms with Gasteiger partial charge in [-0.25, -0.2) is 4.99 Å². The van der Waals surface area contributed by atoms with Gasteiger partial charge in [-0.15, -0.1) is 0 Å². The predicted molar refractivity (Wildman–Crippen MR) is 104 cm³/mol. The molecule has 1 atom stereocenters. The van der Waals surface area contributed by atoms with Gasteiger partial charge in [0.05, 0.1) is 6.54 Å². The van der Waals surface area contributed by atoms with Gasteiger partial charge in [-0.05, 0) is 50.1 Å². The summed E-state index contributed by atoms with van der Waals surface area (Å²) in [6.45, 7) is 7.01. The third kappa shape index (κ3) is 5.65. The van der Waals surface area contributed by atoms with Crippen LogP contribution in [0.25, 0.3) is 0 Å². The van der Waals surface area contributed by atoms with Gasteiger partial charge >= 0.3 is 0 Å². The first kappa shape index (κ1) is 18.0. The molecular weight excluding hydrogens is 304 g/mol. The summed E-state index contributed by atoms with van der Waals surface area (Å²) in [6.07, 6.45) is 2.61. The van der Waals surface area contributed by atoms with Gasteiger partial charge in [-0.1, -0.05) is 12.1 Å². The Morgan fingerprint density at radius 1 is 1.35 bits per heavy atom. The standard InChI is InChI=1S/C18H30N4S/c1-5-19-17(21-14-18(2)10-7-11-23-18)20-13-15-8-6-9-16(12-15)22(3)4/h6,8-9,12H,5,7,10-11,13-14H2,1-4H3,(H2,19,20,21). The number of benzene rings is 1. The van der Waals surface area contributed by atoms with Crippen molar-refractivity contribution in [2.45, 2.75) is 38.0 Å². The van der Waals surface area contributed by atoms with Crippen LogP contribution < -0.4 is 15.5 Å². The summed E-state index contributed by atoms with van der Waals surface area (Å²) in [5.41, 5.74) is 2.44. The van der Waals surface area contributed by atoms with Crippen molar-refractivity contribution < 1.29 is 0 Å². The maximum absolute atomic E-state index is 4.74. The third-order valence-electron chi connectivity index (χ3n) is 4.12. The van der Waals surface area contributed by atoms with E-state index in [-0.39, 0.29) is 0 Å². The fourth-order valence-corrected chi connectivity index (χ4v) is 3.94. The van der Waals surface area contributed by atoms with Crippen molar-refractivity contribution in [3.63, 3.8) is 0 Å². The van der Waals surface area contributed by atoms with Crippen LogP contribution in [0.2, 0.25) is 0 Å². The molecule has 0 aliphatic carbocycles. The predicted octanol–water partition coefficient (Wildman–Crippen LogP) is 3.09. The van der Waals surface area contributed by atoms with Crippen LogP contribution in [0.5, 0.6) is 0 Å². The van der Waals surface area contributed by atoms with Gasteiger partial charge in [0.15, 0.2) is 5.96 Å². The number of nitrogens with one attached hydrogen (secondary N) is 2. The molecule has 128 valence electrons. The molecule has 0 aromatic heterocycles. The van der Waals surface area contributed by atoms with Gasteiger partial charge in [0.1, 0.15) is 0 Å². The SMILES string of the molecule is CCNC(=NCc1cccc(N(C)C)c1)NCC1(C)CCCS1. The van der Waals surface area contributed by atoms with Crippen LogP contribution in [0.15, 0.2) is 29.3 Å². The molecular formula is C18H30N4S. The maximum Gasteiger partial charge on any atom is 0.191 e. The molecule has 1 aromatic rings. The molecule has 23 heavy (non-hydrogen) atoms. The van der Waals surface area contributed by atoms with Crippen LogP contribution in [-0.4, -0.2) is 43.6 Å². The van der Waals surface area contributed by atoms with Crippen molar-refractivity contribution >= 4 is 23.4 Å². The van der Waals surface area contributed by atoms with E-state index in [2.05, 4.69) is 79.5 Å². The molecule has 1 aliphatic rings. The number of guanidine groups is 1. The molecule has 1 unspecified atom stereocenters. The highest BCUT2D eigenvalue weighted by Gasteiger charge is 2.29. The summed E-state index contributed by atoms with van der Waals surface area (Å²) in [6, 6.07) is 8.54. The Hall–Kier alpha value is -1.36. The highest BCUT2D eigenvalue weighted by molar-refractivity contribution is 8.00. The molecule has 4 nitrogen and oxygen atoms in total. The fourth-order valence-electron chi connectivity index (χ4n) is 2.69. The number of thioether (sulfide) groups is 1. The average molecular weight is 335 g/mol. The Morgan fingerprint density at radius 2 is 2.17 bits per heavy atom. The summed E-state index contributed by atoms with van der Waals surface area (Å²) < 4.78 is 0.348. The molecule has 2 N–H and O–H groups in total. The molecule has 0 bridgehead atoms. The van der Waals surface area contributed by atoms with E-state index in [1.807, 2.05) is 0 Å². The minimum atomic E-state index is 0.348. The molecule has 1 aliphatic heterocycles. The van der Waals surface area contributed by atoms with Gasteiger partial charge in [-0.2, -0.15) is 11.8 Å². The molecule has 2 rings (SSSR count). The largest absolute Gasteiger partial charge is 0.378 e. The number of aliphatic imine (C=N–C) groups is 1. The van der Waals surface area contributed by atoms with Crippen molar-refractivity contribution in [1.29, 1.82) is 0 Å². The molecule has 0 radical (unpaired) electrons. The quantitative estimate of drug-likeness (QED) is 0.619. The Balaban J connectivity index is 1.96. The van der Waals surface area contributed by atoms with E-state index in [0.29, 0.717) is 11.3 Å². The number of hydrogen-bond donors (Lipinski definition) is 2. The van der Waals surface area contributed by atoms with Crippen molar-refractivity contribution in [2.24, 2.45) is 4.99 Å². The lowest BCUT2D eigenvalue weighted by atomic mass is 10.1. The number of hydrogen-bond acceptors (Lipinski definition) is 3. The first-order valence-electron chi connectivity index (χ1n) is 8.45. The van der Waals surface area contributed by atoms with Crippen molar-refractivity contribution in [2.75, 3.05) is 37.8 Å². The Labute approximate surface area is 145 Å². The van der Waals surface area contributed by atoms with E-state index in [4.69, 9.17) is 4.99 Å². The summed E-state index contributed by atoms with van der Waals surface area (Å²) in [5, 5.41) is 6.87. The van der Waals surface area contributed by atoms with Gasteiger partial charge < -0.3 is 15.5 Å². The second kappa shape index (κ2) is 8.48. The lowest BCUT2D eigenvalue weighted by molar-refractivity contribution is 0.584. The monoisotopic (exact) mass is 334 g/mol. The summed E-state index contributed by atoms with van der Waals surface area (Å²) >= 11 is 2.07. The summed E-state index contributed by atoms with van der Waals surface area (Å²) in [4.78, 5) is 6.86. The van der Waals surface area contributed by atoms with Crippen LogP contribution >= 0.6 is 11.8 Å². The lowest BCUT2D eigenvalue weighted by Gasteiger charge is -2.24. The van der Waals surface area contributed by atoms with Crippen LogP contribution in [0.1, 0.15) is 32.3 Å². The lowest BCUT2D eigenvalue weighted by Crippen LogP contribution is -2.43. The first-order valence-corrected chi connectivity index (χ1v) is 9.43. The van der Waals surface area contributed by atoms with E-state index in [9.17, 15) is 0 Å². The Kier molecular flexibility index (Phi) is 6.63. The fraction of sp³-hybridized carbons (Fsp3) is 0.611. The number of rotatable bonds is 6. The molecule has 0 spiro atoms. The van der Waals surface area contributed by atoms with Crippen LogP contribution in [-0.2, 0) is 6.54 Å². The van der Waals surface area contributed by atoms with E-state index in [0.717, 1.165) is 19.0 Å². The third-order valence-corrected chi connectivity index (χ3v) is 5.66. The highest BCUT2D eigenvalue weighted by atomic mass is 32.2. The van der Waals surface area contributed by atoms with Gasteiger partial charge in [0.25, 0.3) is 0 Å². The normalized spacial score (nSPS) is 21.3. The zero-order chi connectivity index (χ0) is 16.7. The molecule has 1 heterocycles. The Morgan fingerprint density at radius 3 is 2.83 bits per heavy atom. The second-order valence-electron chi connectivity index (χ2n) is 6.51. The first-order chi connectivity index (χ1) is 11.0. The number of anilines is 1. The van der Waals surface area contributed by atoms with Gasteiger partial charge in [-0.3, -0.25) is 0 Å². The summed E-state index contributed by atoms with van der Waals surface area (Å²) in [5.74, 6) is 2.19. The second-order valence-corrected chi connectivity index (χ2v) is 8.20. The van der Waals surface area contributed by atoms with E-state index in [1.54, 1.807) is 0 Å². The maximum atomic E-state index is 4.74. The molecule has 5 heteroatoms. The van der Waals surface area contributed by atoms with E-state index in [1.165, 1.54) is 29.8 Å². The van der Waals surface area contributed by atoms with Gasteiger partial charge in [0.2, 0.25) is 0 Å². The molecule has 0 saturated carbocycles. The summed E-state index contributed by atoms with van der Waals surface area (Å²) in [7, 11) is 4.13. The molecule has 0 amide bonds. The van der Waals surface area contributed by atoms with E-state index >= 15 is 0 Å². The Bertz CT molecular complexity index is 522. The molecule has 1 fully saturated rings. The van der Waals surface area contributed by atoms with Gasteiger partial charge in [0, 0.05) is 37.6 Å². The zero-order valence-electron chi connectivity index (χ0n) is 14.9. The van der Waals surface area contributed by atoms with Crippen LogP contribution in [0.4, 0.5) is 5.69 Å². The van der Waals surface area contributed by atoms with Crippen molar-refractivity contribution in [3.05, 3.63) is 29.8 Å². The van der Waals surface area contributed by atoms with Crippen molar-refractivity contribution in [1.82, 2.24) is 10.6 Å². The zero-order valence-corrected chi connectivity index (χ0v) is 15.7. The average Bonchev–Trinajstić information content (AvgIpc) is 2.97. The topological polar surface area (TPSA) is 39.7 Å². The van der Waals surface area contributed by atoms with Crippen molar-refractivity contribution in [3.8, 4) is 0 Å². The van der Waals surface area contributed by atoms with Crippen LogP contribution in [0.3, 0.4) is 0 Å². The van der Waals surface area contributed by atoms with E-state index < -0.39 is 0 Å². The highest BCUT2D eigenvalue weighted by Crippen LogP contribution is 2.36. The number of nitrogens with zero attached hydrogens (tertiary/aromatic N) is 2. The smallest absolute Gasteiger partial charge is 0.191 e. The van der Waals surface area contributed by atoms with Crippen LogP contribution in [0, 0.1) is 0 Å². The molecule has 1 saturated heterocycles. The minimum absolute atomic E-state index is 0.348. The minimum Gasteiger partial charge on any atom is -0.378 e. The molecule has 1 aromatic carbocycles.